The zero-order valence-corrected chi connectivity index (χ0v) is 30.4. The van der Waals surface area contributed by atoms with Gasteiger partial charge in [0.2, 0.25) is 0 Å². The minimum atomic E-state index is -3.98. The summed E-state index contributed by atoms with van der Waals surface area (Å²) < 4.78 is 50.3. The van der Waals surface area contributed by atoms with E-state index in [0.717, 1.165) is 40.8 Å². The van der Waals surface area contributed by atoms with Crippen molar-refractivity contribution in [3.63, 3.8) is 0 Å². The van der Waals surface area contributed by atoms with Crippen molar-refractivity contribution in [2.45, 2.75) is 63.6 Å². The van der Waals surface area contributed by atoms with Gasteiger partial charge < -0.3 is 15.0 Å². The largest absolute Gasteiger partial charge is 0.444 e. The smallest absolute Gasteiger partial charge is 0.410 e. The van der Waals surface area contributed by atoms with Crippen molar-refractivity contribution < 1.29 is 22.3 Å². The molecule has 268 valence electrons. The molecule has 52 heavy (non-hydrogen) atoms. The van der Waals surface area contributed by atoms with Crippen LogP contribution in [0.4, 0.5) is 14.9 Å². The highest BCUT2D eigenvalue weighted by atomic mass is 32.2. The van der Waals surface area contributed by atoms with Crippen molar-refractivity contribution in [1.82, 2.24) is 23.6 Å². The number of anilines is 1. The predicted octanol–water partition coefficient (Wildman–Crippen LogP) is 8.11. The van der Waals surface area contributed by atoms with E-state index in [0.29, 0.717) is 41.8 Å². The van der Waals surface area contributed by atoms with Crippen molar-refractivity contribution in [2.24, 2.45) is 0 Å². The number of halogens is 1. The summed E-state index contributed by atoms with van der Waals surface area (Å²) in [4.78, 5) is 19.1. The predicted molar refractivity (Wildman–Crippen MR) is 200 cm³/mol. The number of carbonyl (C=O) groups excluding carboxylic acids is 1. The van der Waals surface area contributed by atoms with Gasteiger partial charge in [-0.3, -0.25) is 4.68 Å². The van der Waals surface area contributed by atoms with Crippen LogP contribution >= 0.6 is 0 Å². The topological polar surface area (TPSA) is 111 Å². The van der Waals surface area contributed by atoms with Crippen LogP contribution in [-0.4, -0.2) is 62.9 Å². The van der Waals surface area contributed by atoms with E-state index in [4.69, 9.17) is 9.72 Å². The van der Waals surface area contributed by atoms with Crippen LogP contribution in [0.3, 0.4) is 0 Å². The van der Waals surface area contributed by atoms with Gasteiger partial charge in [0.15, 0.2) is 5.65 Å². The van der Waals surface area contributed by atoms with Crippen LogP contribution < -0.4 is 5.32 Å². The molecule has 3 aromatic heterocycles. The van der Waals surface area contributed by atoms with Gasteiger partial charge >= 0.3 is 6.09 Å². The number of rotatable bonds is 8. The normalized spacial score (nSPS) is 14.1. The second-order valence-electron chi connectivity index (χ2n) is 14.3. The number of piperidine rings is 1. The van der Waals surface area contributed by atoms with Gasteiger partial charge in [-0.25, -0.2) is 26.6 Å². The molecule has 7 rings (SSSR count). The lowest BCUT2D eigenvalue weighted by Gasteiger charge is -2.34. The average molecular weight is 721 g/mol. The fourth-order valence-electron chi connectivity index (χ4n) is 6.41. The van der Waals surface area contributed by atoms with E-state index >= 15 is 0 Å². The first-order valence-corrected chi connectivity index (χ1v) is 18.7. The first kappa shape index (κ1) is 34.9. The summed E-state index contributed by atoms with van der Waals surface area (Å²) in [5, 5.41) is 8.76. The second kappa shape index (κ2) is 13.9. The van der Waals surface area contributed by atoms with Crippen molar-refractivity contribution in [2.75, 3.05) is 18.4 Å². The Labute approximate surface area is 302 Å². The zero-order valence-electron chi connectivity index (χ0n) is 29.6. The molecule has 0 saturated carbocycles. The molecule has 0 atom stereocenters. The summed E-state index contributed by atoms with van der Waals surface area (Å²) in [6.45, 7) is 9.13. The Kier molecular flexibility index (Phi) is 9.35. The number of hydrogen-bond donors (Lipinski definition) is 1. The van der Waals surface area contributed by atoms with E-state index in [1.165, 1.54) is 16.1 Å². The molecule has 0 spiro atoms. The van der Waals surface area contributed by atoms with E-state index in [1.807, 2.05) is 70.3 Å². The number of fused-ring (bicyclic) bond motifs is 1. The molecule has 1 saturated heterocycles. The molecular weight excluding hydrogens is 680 g/mol. The lowest BCUT2D eigenvalue weighted by atomic mass is 10.0. The van der Waals surface area contributed by atoms with Gasteiger partial charge in [0.05, 0.1) is 17.6 Å². The number of carbonyl (C=O) groups is 1. The summed E-state index contributed by atoms with van der Waals surface area (Å²) in [5.41, 5.74) is 5.56. The van der Waals surface area contributed by atoms with Crippen LogP contribution in [0.2, 0.25) is 0 Å². The summed E-state index contributed by atoms with van der Waals surface area (Å²) in [7, 11) is -3.98. The van der Waals surface area contributed by atoms with Gasteiger partial charge in [0, 0.05) is 65.5 Å². The third-order valence-corrected chi connectivity index (χ3v) is 10.8. The fourth-order valence-corrected chi connectivity index (χ4v) is 7.74. The van der Waals surface area contributed by atoms with Crippen molar-refractivity contribution in [1.29, 1.82) is 0 Å². The van der Waals surface area contributed by atoms with Gasteiger partial charge in [0.25, 0.3) is 10.0 Å². The molecule has 0 unspecified atom stereocenters. The number of amides is 1. The Morgan fingerprint density at radius 3 is 2.35 bits per heavy atom. The Balaban J connectivity index is 1.16. The SMILES string of the molecule is Cc1ccc(S(=O)(=O)n2cc(-c3cnn(Cc4cccc(F)c4)c3)c3cc(-c4ccc(NC5CCN(C(=O)OC(C)(C)C)CC5)cc4)cnc32)cc1. The lowest BCUT2D eigenvalue weighted by molar-refractivity contribution is 0.0210. The molecule has 0 aliphatic carbocycles. The van der Waals surface area contributed by atoms with Crippen LogP contribution in [0, 0.1) is 12.7 Å². The first-order valence-electron chi connectivity index (χ1n) is 17.3. The van der Waals surface area contributed by atoms with Crippen LogP contribution in [0.5, 0.6) is 0 Å². The van der Waals surface area contributed by atoms with Crippen LogP contribution in [0.25, 0.3) is 33.3 Å². The Morgan fingerprint density at radius 2 is 1.65 bits per heavy atom. The number of pyridine rings is 1. The first-order chi connectivity index (χ1) is 24.8. The molecule has 12 heteroatoms. The number of ether oxygens (including phenoxy) is 1. The van der Waals surface area contributed by atoms with Crippen LogP contribution in [0.15, 0.2) is 109 Å². The van der Waals surface area contributed by atoms with Gasteiger partial charge in [0.1, 0.15) is 11.4 Å². The minimum absolute atomic E-state index is 0.160. The maximum Gasteiger partial charge on any atom is 0.410 e. The van der Waals surface area contributed by atoms with Crippen LogP contribution in [0.1, 0.15) is 44.7 Å². The van der Waals surface area contributed by atoms with E-state index in [9.17, 15) is 17.6 Å². The standard InChI is InChI=1S/C40H41FN6O4S/c1-27-8-14-35(15-9-27)52(49,50)47-26-37(31-23-43-46(25-31)24-28-6-5-7-32(41)20-28)36-21-30(22-42-38(36)47)29-10-12-33(13-11-29)44-34-16-18-45(19-17-34)39(48)51-40(2,3)4/h5-15,20-23,25-26,34,44H,16-19,24H2,1-4H3. The molecule has 6 aromatic rings. The molecule has 1 N–H and O–H groups in total. The second-order valence-corrected chi connectivity index (χ2v) is 16.1. The molecule has 10 nitrogen and oxygen atoms in total. The molecule has 1 aliphatic heterocycles. The zero-order chi connectivity index (χ0) is 36.6. The summed E-state index contributed by atoms with van der Waals surface area (Å²) in [5.74, 6) is -0.322. The quantitative estimate of drug-likeness (QED) is 0.169. The third kappa shape index (κ3) is 7.57. The van der Waals surface area contributed by atoms with Gasteiger partial charge in [-0.15, -0.1) is 0 Å². The van der Waals surface area contributed by atoms with Crippen molar-refractivity contribution in [3.05, 3.63) is 121 Å². The molecule has 3 aromatic carbocycles. The molecular formula is C40H41FN6O4S. The average Bonchev–Trinajstić information content (AvgIpc) is 3.73. The molecule has 4 heterocycles. The number of nitrogens with zero attached hydrogens (tertiary/aromatic N) is 5. The number of nitrogens with one attached hydrogen (secondary N) is 1. The summed E-state index contributed by atoms with van der Waals surface area (Å²) in [6, 6.07) is 23.3. The van der Waals surface area contributed by atoms with Crippen molar-refractivity contribution in [3.8, 4) is 22.3 Å². The number of aromatic nitrogens is 4. The maximum atomic E-state index is 14.0. The maximum absolute atomic E-state index is 14.0. The summed E-state index contributed by atoms with van der Waals surface area (Å²) in [6.07, 6.45) is 8.15. The fraction of sp³-hybridized carbons (Fsp3) is 0.275. The number of aryl methyl sites for hydroxylation is 1. The number of hydrogen-bond acceptors (Lipinski definition) is 7. The highest BCUT2D eigenvalue weighted by Crippen LogP contribution is 2.35. The third-order valence-electron chi connectivity index (χ3n) is 9.10. The van der Waals surface area contributed by atoms with E-state index < -0.39 is 15.6 Å². The van der Waals surface area contributed by atoms with E-state index in [-0.39, 0.29) is 22.8 Å². The minimum Gasteiger partial charge on any atom is -0.444 e. The highest BCUT2D eigenvalue weighted by Gasteiger charge is 2.27. The van der Waals surface area contributed by atoms with E-state index in [2.05, 4.69) is 10.4 Å². The Morgan fingerprint density at radius 1 is 0.923 bits per heavy atom. The Hall–Kier alpha value is -5.49. The van der Waals surface area contributed by atoms with Gasteiger partial charge in [-0.05, 0) is 94.1 Å². The van der Waals surface area contributed by atoms with Gasteiger partial charge in [-0.1, -0.05) is 42.0 Å². The Bertz CT molecular complexity index is 2340. The molecule has 0 radical (unpaired) electrons. The molecule has 0 bridgehead atoms. The summed E-state index contributed by atoms with van der Waals surface area (Å²) >= 11 is 0. The van der Waals surface area contributed by atoms with Crippen LogP contribution in [-0.2, 0) is 21.3 Å². The van der Waals surface area contributed by atoms with E-state index in [1.54, 1.807) is 58.5 Å². The van der Waals surface area contributed by atoms with Crippen molar-refractivity contribution >= 4 is 32.8 Å². The highest BCUT2D eigenvalue weighted by molar-refractivity contribution is 7.90. The molecule has 1 aliphatic rings. The lowest BCUT2D eigenvalue weighted by Crippen LogP contribution is -2.44. The van der Waals surface area contributed by atoms with Gasteiger partial charge in [-0.2, -0.15) is 5.10 Å². The number of likely N-dealkylation sites (tertiary alicyclic amines) is 1. The monoisotopic (exact) mass is 720 g/mol. The number of benzene rings is 3. The molecule has 1 amide bonds. The molecule has 1 fully saturated rings.